The summed E-state index contributed by atoms with van der Waals surface area (Å²) in [4.78, 5) is 17.3. The molecule has 0 atom stereocenters. The van der Waals surface area contributed by atoms with Crippen molar-refractivity contribution < 1.29 is 18.0 Å². The molecule has 2 heterocycles. The second-order valence-electron chi connectivity index (χ2n) is 2.77. The standard InChI is InChI=1S/C8H4F3N3O/c9-8(10,11)7-13-5(4-15)6-3-12-1-2-14(6)7/h1-4H. The van der Waals surface area contributed by atoms with Crippen LogP contribution in [0.4, 0.5) is 13.2 Å². The van der Waals surface area contributed by atoms with E-state index in [1.54, 1.807) is 0 Å². The molecule has 15 heavy (non-hydrogen) atoms. The van der Waals surface area contributed by atoms with Crippen molar-refractivity contribution in [3.05, 3.63) is 30.1 Å². The molecule has 7 heteroatoms. The molecule has 0 fully saturated rings. The van der Waals surface area contributed by atoms with Crippen LogP contribution >= 0.6 is 0 Å². The van der Waals surface area contributed by atoms with E-state index in [2.05, 4.69) is 9.97 Å². The predicted molar refractivity (Wildman–Crippen MR) is 43.4 cm³/mol. The summed E-state index contributed by atoms with van der Waals surface area (Å²) >= 11 is 0. The number of halogens is 3. The summed E-state index contributed by atoms with van der Waals surface area (Å²) < 4.78 is 38.1. The van der Waals surface area contributed by atoms with Gasteiger partial charge in [-0.1, -0.05) is 0 Å². The third kappa shape index (κ3) is 1.45. The highest BCUT2D eigenvalue weighted by Gasteiger charge is 2.37. The smallest absolute Gasteiger partial charge is 0.296 e. The Bertz CT molecular complexity index is 517. The fourth-order valence-corrected chi connectivity index (χ4v) is 1.25. The van der Waals surface area contributed by atoms with E-state index in [0.717, 1.165) is 16.8 Å². The number of hydrogen-bond donors (Lipinski definition) is 0. The molecule has 2 rings (SSSR count). The third-order valence-corrected chi connectivity index (χ3v) is 1.84. The molecule has 0 aliphatic heterocycles. The number of hydrogen-bond acceptors (Lipinski definition) is 3. The van der Waals surface area contributed by atoms with E-state index in [1.807, 2.05) is 0 Å². The second kappa shape index (κ2) is 3.04. The van der Waals surface area contributed by atoms with Gasteiger partial charge in [-0.15, -0.1) is 0 Å². The SMILES string of the molecule is O=Cc1nc(C(F)(F)F)n2ccncc12. The van der Waals surface area contributed by atoms with Crippen LogP contribution in [-0.4, -0.2) is 20.7 Å². The molecular formula is C8H4F3N3O. The average Bonchev–Trinajstić information content (AvgIpc) is 2.55. The molecule has 0 saturated carbocycles. The monoisotopic (exact) mass is 215 g/mol. The van der Waals surface area contributed by atoms with Gasteiger partial charge in [-0.25, -0.2) is 4.98 Å². The molecule has 0 aliphatic rings. The lowest BCUT2D eigenvalue weighted by molar-refractivity contribution is -0.145. The Balaban J connectivity index is 2.82. The number of aromatic nitrogens is 3. The number of alkyl halides is 3. The molecule has 0 aliphatic carbocycles. The molecule has 0 saturated heterocycles. The van der Waals surface area contributed by atoms with E-state index in [-0.39, 0.29) is 17.5 Å². The number of carbonyl (C=O) groups is 1. The van der Waals surface area contributed by atoms with Crippen LogP contribution in [-0.2, 0) is 6.18 Å². The van der Waals surface area contributed by atoms with Gasteiger partial charge in [0.25, 0.3) is 0 Å². The fourth-order valence-electron chi connectivity index (χ4n) is 1.25. The Morgan fingerprint density at radius 1 is 1.40 bits per heavy atom. The summed E-state index contributed by atoms with van der Waals surface area (Å²) in [6.45, 7) is 0. The minimum absolute atomic E-state index is 0.0415. The molecule has 0 bridgehead atoms. The van der Waals surface area contributed by atoms with E-state index < -0.39 is 12.0 Å². The normalized spacial score (nSPS) is 11.9. The number of nitrogens with zero attached hydrogens (tertiary/aromatic N) is 3. The minimum atomic E-state index is -4.59. The number of carbonyl (C=O) groups excluding carboxylic acids is 1. The first-order valence-corrected chi connectivity index (χ1v) is 3.88. The lowest BCUT2D eigenvalue weighted by Crippen LogP contribution is -2.10. The summed E-state index contributed by atoms with van der Waals surface area (Å²) in [6.07, 6.45) is -0.861. The van der Waals surface area contributed by atoms with E-state index in [0.29, 0.717) is 0 Å². The van der Waals surface area contributed by atoms with Crippen LogP contribution < -0.4 is 0 Å². The molecule has 0 radical (unpaired) electrons. The Morgan fingerprint density at radius 3 is 2.73 bits per heavy atom. The highest BCUT2D eigenvalue weighted by atomic mass is 19.4. The van der Waals surface area contributed by atoms with E-state index in [4.69, 9.17) is 0 Å². The molecule has 2 aromatic rings. The van der Waals surface area contributed by atoms with E-state index >= 15 is 0 Å². The Labute approximate surface area is 81.4 Å². The minimum Gasteiger partial charge on any atom is -0.296 e. The molecule has 0 N–H and O–H groups in total. The molecule has 2 aromatic heterocycles. The Kier molecular flexibility index (Phi) is 1.95. The zero-order valence-corrected chi connectivity index (χ0v) is 7.19. The maximum atomic E-state index is 12.4. The average molecular weight is 215 g/mol. The van der Waals surface area contributed by atoms with Crippen LogP contribution in [0.2, 0.25) is 0 Å². The van der Waals surface area contributed by atoms with E-state index in [9.17, 15) is 18.0 Å². The van der Waals surface area contributed by atoms with E-state index in [1.165, 1.54) is 6.20 Å². The van der Waals surface area contributed by atoms with Gasteiger partial charge in [0.05, 0.1) is 11.7 Å². The summed E-state index contributed by atoms with van der Waals surface area (Å²) in [5, 5.41) is 0. The maximum absolute atomic E-state index is 12.4. The molecular weight excluding hydrogens is 211 g/mol. The van der Waals surface area contributed by atoms with Crippen molar-refractivity contribution in [1.29, 1.82) is 0 Å². The lowest BCUT2D eigenvalue weighted by atomic mass is 10.4. The Morgan fingerprint density at radius 2 is 2.13 bits per heavy atom. The first-order chi connectivity index (χ1) is 7.04. The first kappa shape index (κ1) is 9.63. The fraction of sp³-hybridized carbons (Fsp3) is 0.125. The number of imidazole rings is 1. The quantitative estimate of drug-likeness (QED) is 0.678. The summed E-state index contributed by atoms with van der Waals surface area (Å²) in [7, 11) is 0. The van der Waals surface area contributed by atoms with Gasteiger partial charge in [-0.3, -0.25) is 14.2 Å². The van der Waals surface area contributed by atoms with Crippen LogP contribution in [0.1, 0.15) is 16.3 Å². The van der Waals surface area contributed by atoms with Crippen LogP contribution in [0, 0.1) is 0 Å². The second-order valence-corrected chi connectivity index (χ2v) is 2.77. The summed E-state index contributed by atoms with van der Waals surface area (Å²) in [5.74, 6) is -1.12. The van der Waals surface area contributed by atoms with Gasteiger partial charge in [0, 0.05) is 12.4 Å². The van der Waals surface area contributed by atoms with Gasteiger partial charge in [0.15, 0.2) is 6.29 Å². The molecule has 0 unspecified atom stereocenters. The van der Waals surface area contributed by atoms with Crippen LogP contribution in [0.3, 0.4) is 0 Å². The van der Waals surface area contributed by atoms with Gasteiger partial charge in [-0.2, -0.15) is 13.2 Å². The van der Waals surface area contributed by atoms with Gasteiger partial charge >= 0.3 is 6.18 Å². The zero-order valence-electron chi connectivity index (χ0n) is 7.19. The van der Waals surface area contributed by atoms with Gasteiger partial charge in [0.1, 0.15) is 5.69 Å². The number of fused-ring (bicyclic) bond motifs is 1. The Hall–Kier alpha value is -1.92. The largest absolute Gasteiger partial charge is 0.450 e. The van der Waals surface area contributed by atoms with Crippen molar-refractivity contribution in [3.8, 4) is 0 Å². The summed E-state index contributed by atoms with van der Waals surface area (Å²) in [6, 6.07) is 0. The van der Waals surface area contributed by atoms with Gasteiger partial charge in [0.2, 0.25) is 5.82 Å². The molecule has 78 valence electrons. The van der Waals surface area contributed by atoms with Crippen LogP contribution in [0.15, 0.2) is 18.6 Å². The van der Waals surface area contributed by atoms with Crippen molar-refractivity contribution in [2.24, 2.45) is 0 Å². The summed E-state index contributed by atoms with van der Waals surface area (Å²) in [5.41, 5.74) is -0.227. The van der Waals surface area contributed by atoms with Crippen molar-refractivity contribution in [3.63, 3.8) is 0 Å². The molecule has 0 spiro atoms. The number of rotatable bonds is 1. The molecule has 4 nitrogen and oxygen atoms in total. The van der Waals surface area contributed by atoms with Crippen LogP contribution in [0.25, 0.3) is 5.52 Å². The zero-order chi connectivity index (χ0) is 11.1. The van der Waals surface area contributed by atoms with Crippen molar-refractivity contribution in [2.45, 2.75) is 6.18 Å². The predicted octanol–water partition coefficient (Wildman–Crippen LogP) is 1.56. The van der Waals surface area contributed by atoms with Crippen molar-refractivity contribution in [1.82, 2.24) is 14.4 Å². The maximum Gasteiger partial charge on any atom is 0.450 e. The first-order valence-electron chi connectivity index (χ1n) is 3.88. The van der Waals surface area contributed by atoms with Gasteiger partial charge in [-0.05, 0) is 0 Å². The lowest BCUT2D eigenvalue weighted by Gasteiger charge is -2.03. The number of aldehydes is 1. The van der Waals surface area contributed by atoms with Gasteiger partial charge < -0.3 is 0 Å². The molecule has 0 amide bonds. The topological polar surface area (TPSA) is 47.3 Å². The molecule has 0 aromatic carbocycles. The third-order valence-electron chi connectivity index (χ3n) is 1.84. The van der Waals surface area contributed by atoms with Crippen molar-refractivity contribution in [2.75, 3.05) is 0 Å². The van der Waals surface area contributed by atoms with Crippen LogP contribution in [0.5, 0.6) is 0 Å². The highest BCUT2D eigenvalue weighted by Crippen LogP contribution is 2.29. The highest BCUT2D eigenvalue weighted by molar-refractivity contribution is 5.83. The van der Waals surface area contributed by atoms with Crippen molar-refractivity contribution >= 4 is 11.8 Å².